The van der Waals surface area contributed by atoms with Crippen molar-refractivity contribution in [2.24, 2.45) is 11.8 Å². The van der Waals surface area contributed by atoms with Gasteiger partial charge in [-0.1, -0.05) is 72.8 Å². The number of carbonyl (C=O) groups excluding carboxylic acids is 2. The molecule has 2 aliphatic rings. The molecule has 2 saturated carbocycles. The van der Waals surface area contributed by atoms with Gasteiger partial charge in [0.05, 0.1) is 0 Å². The molecule has 4 rings (SSSR count). The molecule has 2 fully saturated rings. The molecule has 0 saturated heterocycles. The van der Waals surface area contributed by atoms with Gasteiger partial charge in [-0.2, -0.15) is 0 Å². The Balaban J connectivity index is 1.03. The molecule has 0 radical (unpaired) electrons. The van der Waals surface area contributed by atoms with Crippen molar-refractivity contribution >= 4 is 24.3 Å². The van der Waals surface area contributed by atoms with Crippen LogP contribution < -0.4 is 10.6 Å². The first-order valence-corrected chi connectivity index (χ1v) is 14.4. The molecule has 0 heterocycles. The second kappa shape index (κ2) is 15.8. The Bertz CT molecular complexity index is 968. The summed E-state index contributed by atoms with van der Waals surface area (Å²) in [5.74, 6) is 1.45. The van der Waals surface area contributed by atoms with Crippen molar-refractivity contribution in [1.82, 2.24) is 10.6 Å². The number of alkyl carbamates (subject to hydrolysis) is 2. The van der Waals surface area contributed by atoms with Gasteiger partial charge in [0, 0.05) is 12.1 Å². The Morgan fingerprint density at radius 3 is 1.38 bits per heavy atom. The summed E-state index contributed by atoms with van der Waals surface area (Å²) in [5, 5.41) is 6.08. The maximum absolute atomic E-state index is 12.2. The molecule has 208 valence electrons. The number of rotatable bonds is 10. The molecule has 6 nitrogen and oxygen atoms in total. The first kappa shape index (κ1) is 28.5. The van der Waals surface area contributed by atoms with E-state index in [-0.39, 0.29) is 37.5 Å². The van der Waals surface area contributed by atoms with Gasteiger partial charge in [-0.25, -0.2) is 9.59 Å². The summed E-state index contributed by atoms with van der Waals surface area (Å²) in [5.41, 5.74) is 2.19. The van der Waals surface area contributed by atoms with Gasteiger partial charge in [0.2, 0.25) is 0 Å². The lowest BCUT2D eigenvalue weighted by Crippen LogP contribution is -2.39. The highest BCUT2D eigenvalue weighted by Gasteiger charge is 2.28. The third-order valence-electron chi connectivity index (χ3n) is 7.85. The van der Waals surface area contributed by atoms with Crippen LogP contribution in [0.15, 0.2) is 72.8 Å². The van der Waals surface area contributed by atoms with Crippen molar-refractivity contribution in [3.8, 4) is 0 Å². The minimum atomic E-state index is -0.326. The fourth-order valence-corrected chi connectivity index (χ4v) is 5.72. The number of hydrogen-bond acceptors (Lipinski definition) is 4. The van der Waals surface area contributed by atoms with Gasteiger partial charge >= 0.3 is 12.2 Å². The van der Waals surface area contributed by atoms with Crippen LogP contribution in [0.4, 0.5) is 9.59 Å². The summed E-state index contributed by atoms with van der Waals surface area (Å²) in [6.07, 6.45) is 16.9. The molecule has 2 aliphatic carbocycles. The normalized spacial score (nSPS) is 23.4. The number of nitrogens with one attached hydrogen (secondary N) is 2. The second-order valence-corrected chi connectivity index (χ2v) is 10.8. The van der Waals surface area contributed by atoms with E-state index in [1.165, 1.54) is 6.42 Å². The van der Waals surface area contributed by atoms with Gasteiger partial charge < -0.3 is 20.1 Å². The fraction of sp³-hybridized carbons (Fsp3) is 0.455. The first-order valence-electron chi connectivity index (χ1n) is 14.4. The molecule has 0 aliphatic heterocycles. The van der Waals surface area contributed by atoms with Crippen LogP contribution in [0.2, 0.25) is 0 Å². The van der Waals surface area contributed by atoms with Gasteiger partial charge in [-0.3, -0.25) is 0 Å². The van der Waals surface area contributed by atoms with Crippen LogP contribution in [0.1, 0.15) is 68.9 Å². The molecule has 0 aromatic heterocycles. The average molecular weight is 531 g/mol. The largest absolute Gasteiger partial charge is 0.445 e. The molecular weight excluding hydrogens is 488 g/mol. The number of benzene rings is 2. The average Bonchev–Trinajstić information content (AvgIpc) is 2.97. The highest BCUT2D eigenvalue weighted by Crippen LogP contribution is 2.35. The molecule has 2 N–H and O–H groups in total. The molecule has 2 amide bonds. The van der Waals surface area contributed by atoms with Crippen molar-refractivity contribution in [3.63, 3.8) is 0 Å². The predicted molar refractivity (Wildman–Crippen MR) is 156 cm³/mol. The SMILES string of the molecule is O=C(NC1CCC(CC2CCC(NC(=O)OCC=Cc3ccccc3)CC2)CC1)OCC=Cc1ccccc1. The molecule has 2 aromatic carbocycles. The van der Waals surface area contributed by atoms with Crippen LogP contribution in [-0.4, -0.2) is 37.5 Å². The zero-order valence-electron chi connectivity index (χ0n) is 22.8. The topological polar surface area (TPSA) is 76.7 Å². The molecule has 0 unspecified atom stereocenters. The van der Waals surface area contributed by atoms with E-state index in [9.17, 15) is 9.59 Å². The van der Waals surface area contributed by atoms with Gasteiger partial charge in [-0.05, 0) is 92.9 Å². The van der Waals surface area contributed by atoms with Crippen LogP contribution in [0.25, 0.3) is 12.2 Å². The van der Waals surface area contributed by atoms with E-state index in [0.29, 0.717) is 0 Å². The third-order valence-corrected chi connectivity index (χ3v) is 7.85. The monoisotopic (exact) mass is 530 g/mol. The Hall–Kier alpha value is -3.54. The fourth-order valence-electron chi connectivity index (χ4n) is 5.72. The maximum Gasteiger partial charge on any atom is 0.407 e. The maximum atomic E-state index is 12.2. The van der Waals surface area contributed by atoms with E-state index < -0.39 is 0 Å². The van der Waals surface area contributed by atoms with Crippen LogP contribution in [-0.2, 0) is 9.47 Å². The number of carbonyl (C=O) groups is 2. The Morgan fingerprint density at radius 1 is 0.615 bits per heavy atom. The van der Waals surface area contributed by atoms with Crippen molar-refractivity contribution in [1.29, 1.82) is 0 Å². The van der Waals surface area contributed by atoms with E-state index >= 15 is 0 Å². The van der Waals surface area contributed by atoms with E-state index in [0.717, 1.165) is 74.3 Å². The van der Waals surface area contributed by atoms with Crippen molar-refractivity contribution < 1.29 is 19.1 Å². The van der Waals surface area contributed by atoms with Crippen LogP contribution in [0.5, 0.6) is 0 Å². The highest BCUT2D eigenvalue weighted by atomic mass is 16.6. The molecule has 39 heavy (non-hydrogen) atoms. The van der Waals surface area contributed by atoms with Crippen LogP contribution in [0.3, 0.4) is 0 Å². The van der Waals surface area contributed by atoms with Gasteiger partial charge in [0.15, 0.2) is 0 Å². The van der Waals surface area contributed by atoms with Gasteiger partial charge in [0.1, 0.15) is 13.2 Å². The molecular formula is C33H42N2O4. The number of amides is 2. The van der Waals surface area contributed by atoms with Crippen LogP contribution >= 0.6 is 0 Å². The summed E-state index contributed by atoms with van der Waals surface area (Å²) < 4.78 is 10.6. The Morgan fingerprint density at radius 2 is 1.00 bits per heavy atom. The first-order chi connectivity index (χ1) is 19.1. The van der Waals surface area contributed by atoms with E-state index in [4.69, 9.17) is 9.47 Å². The zero-order valence-corrected chi connectivity index (χ0v) is 22.8. The summed E-state index contributed by atoms with van der Waals surface area (Å²) in [7, 11) is 0. The summed E-state index contributed by atoms with van der Waals surface area (Å²) in [6, 6.07) is 20.4. The predicted octanol–water partition coefficient (Wildman–Crippen LogP) is 7.37. The number of hydrogen-bond donors (Lipinski definition) is 2. The highest BCUT2D eigenvalue weighted by molar-refractivity contribution is 5.68. The summed E-state index contributed by atoms with van der Waals surface area (Å²) >= 11 is 0. The van der Waals surface area contributed by atoms with Gasteiger partial charge in [0.25, 0.3) is 0 Å². The molecule has 0 spiro atoms. The lowest BCUT2D eigenvalue weighted by Gasteiger charge is -2.34. The van der Waals surface area contributed by atoms with Crippen LogP contribution in [0, 0.1) is 11.8 Å². The molecule has 2 aromatic rings. The van der Waals surface area contributed by atoms with Crippen molar-refractivity contribution in [2.45, 2.75) is 69.9 Å². The summed E-state index contributed by atoms with van der Waals surface area (Å²) in [4.78, 5) is 24.3. The van der Waals surface area contributed by atoms with E-state index in [1.807, 2.05) is 85.0 Å². The standard InChI is InChI=1S/C33H42N2O4/c36-32(38-23-7-13-26-9-3-1-4-10-26)34-30-19-15-28(16-20-30)25-29-17-21-31(22-18-29)35-33(37)39-24-8-14-27-11-5-2-6-12-27/h1-14,28-31H,15-25H2,(H,34,36)(H,35,37). The van der Waals surface area contributed by atoms with E-state index in [2.05, 4.69) is 10.6 Å². The summed E-state index contributed by atoms with van der Waals surface area (Å²) in [6.45, 7) is 0.549. The Labute approximate surface area is 232 Å². The zero-order chi connectivity index (χ0) is 27.1. The molecule has 0 atom stereocenters. The van der Waals surface area contributed by atoms with Gasteiger partial charge in [-0.15, -0.1) is 0 Å². The Kier molecular flexibility index (Phi) is 11.5. The second-order valence-electron chi connectivity index (χ2n) is 10.8. The van der Waals surface area contributed by atoms with Crippen molar-refractivity contribution in [3.05, 3.63) is 83.9 Å². The lowest BCUT2D eigenvalue weighted by molar-refractivity contribution is 0.143. The van der Waals surface area contributed by atoms with Crippen molar-refractivity contribution in [2.75, 3.05) is 13.2 Å². The third kappa shape index (κ3) is 10.6. The molecule has 0 bridgehead atoms. The lowest BCUT2D eigenvalue weighted by atomic mass is 9.76. The quantitative estimate of drug-likeness (QED) is 0.336. The smallest absolute Gasteiger partial charge is 0.407 e. The minimum absolute atomic E-state index is 0.209. The molecule has 6 heteroatoms. The minimum Gasteiger partial charge on any atom is -0.445 e. The van der Waals surface area contributed by atoms with E-state index in [1.54, 1.807) is 0 Å². The number of ether oxygens (including phenoxy) is 2.